The molecule has 0 aliphatic heterocycles. The molecule has 2 nitrogen and oxygen atoms in total. The summed E-state index contributed by atoms with van der Waals surface area (Å²) >= 11 is 6.10. The fraction of sp³-hybridized carbons (Fsp3) is 0.375. The third kappa shape index (κ3) is 3.40. The minimum atomic E-state index is 0.191. The van der Waals surface area contributed by atoms with Gasteiger partial charge in [0.15, 0.2) is 5.22 Å². The topological polar surface area (TPSA) is 25.2 Å². The molecule has 2 rings (SSSR count). The number of halogens is 1. The Kier molecular flexibility index (Phi) is 4.67. The lowest BCUT2D eigenvalue weighted by molar-refractivity contribution is 0.525. The Labute approximate surface area is 119 Å². The van der Waals surface area contributed by atoms with Gasteiger partial charge in [-0.3, -0.25) is 0 Å². The van der Waals surface area contributed by atoms with Crippen molar-refractivity contribution in [1.82, 2.24) is 5.32 Å². The van der Waals surface area contributed by atoms with Crippen LogP contribution in [0.4, 0.5) is 0 Å². The van der Waals surface area contributed by atoms with Crippen LogP contribution in [0.3, 0.4) is 0 Å². The van der Waals surface area contributed by atoms with Gasteiger partial charge in [0.25, 0.3) is 0 Å². The Morgan fingerprint density at radius 2 is 2.05 bits per heavy atom. The first-order valence-electron chi connectivity index (χ1n) is 6.64. The van der Waals surface area contributed by atoms with E-state index >= 15 is 0 Å². The SMILES string of the molecule is CCNC(Cc1cc(C)ccc1C)c1ccoc1Cl. The fourth-order valence-corrected chi connectivity index (χ4v) is 2.58. The third-order valence-electron chi connectivity index (χ3n) is 3.40. The van der Waals surface area contributed by atoms with E-state index in [1.54, 1.807) is 6.26 Å². The lowest BCUT2D eigenvalue weighted by atomic mass is 9.96. The molecule has 1 atom stereocenters. The number of benzene rings is 1. The van der Waals surface area contributed by atoms with Crippen molar-refractivity contribution >= 4 is 11.6 Å². The molecule has 19 heavy (non-hydrogen) atoms. The average Bonchev–Trinajstić information content (AvgIpc) is 2.79. The van der Waals surface area contributed by atoms with E-state index in [-0.39, 0.29) is 6.04 Å². The predicted molar refractivity (Wildman–Crippen MR) is 79.8 cm³/mol. The van der Waals surface area contributed by atoms with Gasteiger partial charge in [-0.05, 0) is 55.6 Å². The lowest BCUT2D eigenvalue weighted by Crippen LogP contribution is -2.23. The summed E-state index contributed by atoms with van der Waals surface area (Å²) in [5, 5.41) is 3.96. The molecule has 1 aromatic heterocycles. The van der Waals surface area contributed by atoms with Gasteiger partial charge in [0.05, 0.1) is 6.26 Å². The van der Waals surface area contributed by atoms with Crippen molar-refractivity contribution < 1.29 is 4.42 Å². The largest absolute Gasteiger partial charge is 0.453 e. The van der Waals surface area contributed by atoms with Crippen molar-refractivity contribution in [3.8, 4) is 0 Å². The summed E-state index contributed by atoms with van der Waals surface area (Å²) < 4.78 is 5.21. The summed E-state index contributed by atoms with van der Waals surface area (Å²) in [6.45, 7) is 7.27. The Hall–Kier alpha value is -1.25. The van der Waals surface area contributed by atoms with E-state index in [4.69, 9.17) is 16.0 Å². The van der Waals surface area contributed by atoms with E-state index < -0.39 is 0 Å². The van der Waals surface area contributed by atoms with Crippen molar-refractivity contribution in [2.45, 2.75) is 33.2 Å². The summed E-state index contributed by atoms with van der Waals surface area (Å²) in [7, 11) is 0. The van der Waals surface area contributed by atoms with Crippen molar-refractivity contribution in [2.24, 2.45) is 0 Å². The maximum atomic E-state index is 6.10. The molecule has 1 N–H and O–H groups in total. The van der Waals surface area contributed by atoms with E-state index in [2.05, 4.69) is 44.3 Å². The maximum Gasteiger partial charge on any atom is 0.197 e. The summed E-state index contributed by atoms with van der Waals surface area (Å²) in [6, 6.07) is 8.70. The first kappa shape index (κ1) is 14.2. The number of nitrogens with one attached hydrogen (secondary N) is 1. The molecular weight excluding hydrogens is 258 g/mol. The smallest absolute Gasteiger partial charge is 0.197 e. The molecule has 0 saturated carbocycles. The normalized spacial score (nSPS) is 12.6. The van der Waals surface area contributed by atoms with Crippen LogP contribution in [0.25, 0.3) is 0 Å². The van der Waals surface area contributed by atoms with E-state index in [0.717, 1.165) is 18.5 Å². The predicted octanol–water partition coefficient (Wildman–Crippen LogP) is 4.44. The molecule has 1 heterocycles. The van der Waals surface area contributed by atoms with Crippen LogP contribution in [0.15, 0.2) is 34.9 Å². The summed E-state index contributed by atoms with van der Waals surface area (Å²) in [5.74, 6) is 0. The fourth-order valence-electron chi connectivity index (χ4n) is 2.33. The molecule has 0 saturated heterocycles. The monoisotopic (exact) mass is 277 g/mol. The van der Waals surface area contributed by atoms with Crippen LogP contribution in [0.5, 0.6) is 0 Å². The van der Waals surface area contributed by atoms with E-state index in [1.807, 2.05) is 6.07 Å². The van der Waals surface area contributed by atoms with Crippen LogP contribution < -0.4 is 5.32 Å². The minimum absolute atomic E-state index is 0.191. The van der Waals surface area contributed by atoms with Gasteiger partial charge in [-0.15, -0.1) is 0 Å². The lowest BCUT2D eigenvalue weighted by Gasteiger charge is -2.18. The molecular formula is C16H20ClNO. The molecule has 2 aromatic rings. The summed E-state index contributed by atoms with van der Waals surface area (Å²) in [4.78, 5) is 0. The van der Waals surface area contributed by atoms with Crippen LogP contribution in [-0.4, -0.2) is 6.54 Å². The Morgan fingerprint density at radius 1 is 1.26 bits per heavy atom. The molecule has 0 spiro atoms. The van der Waals surface area contributed by atoms with E-state index in [9.17, 15) is 0 Å². The van der Waals surface area contributed by atoms with Crippen molar-refractivity contribution in [3.63, 3.8) is 0 Å². The molecule has 0 fully saturated rings. The molecule has 0 amide bonds. The zero-order valence-electron chi connectivity index (χ0n) is 11.7. The van der Waals surface area contributed by atoms with Gasteiger partial charge in [0.2, 0.25) is 0 Å². The molecule has 0 aliphatic rings. The molecule has 1 aromatic carbocycles. The molecule has 0 bridgehead atoms. The van der Waals surface area contributed by atoms with Gasteiger partial charge in [-0.1, -0.05) is 30.7 Å². The second-order valence-electron chi connectivity index (χ2n) is 4.89. The molecule has 0 radical (unpaired) electrons. The second-order valence-corrected chi connectivity index (χ2v) is 5.24. The zero-order chi connectivity index (χ0) is 13.8. The maximum absolute atomic E-state index is 6.10. The highest BCUT2D eigenvalue weighted by molar-refractivity contribution is 6.29. The standard InChI is InChI=1S/C16H20ClNO/c1-4-18-15(14-7-8-19-16(14)17)10-13-9-11(2)5-6-12(13)3/h5-9,15,18H,4,10H2,1-3H3. The molecule has 0 aliphatic carbocycles. The van der Waals surface area contributed by atoms with Gasteiger partial charge >= 0.3 is 0 Å². The third-order valence-corrected chi connectivity index (χ3v) is 3.71. The first-order chi connectivity index (χ1) is 9.11. The van der Waals surface area contributed by atoms with Gasteiger partial charge in [-0.25, -0.2) is 0 Å². The summed E-state index contributed by atoms with van der Waals surface area (Å²) in [5.41, 5.74) is 4.98. The quantitative estimate of drug-likeness (QED) is 0.874. The number of likely N-dealkylation sites (N-methyl/N-ethyl adjacent to an activating group) is 1. The Morgan fingerprint density at radius 3 is 2.68 bits per heavy atom. The first-order valence-corrected chi connectivity index (χ1v) is 7.02. The number of hydrogen-bond acceptors (Lipinski definition) is 2. The number of aryl methyl sites for hydroxylation is 2. The molecule has 3 heteroatoms. The highest BCUT2D eigenvalue weighted by Gasteiger charge is 2.17. The van der Waals surface area contributed by atoms with Crippen molar-refractivity contribution in [3.05, 3.63) is 58.0 Å². The van der Waals surface area contributed by atoms with Crippen LogP contribution in [-0.2, 0) is 6.42 Å². The van der Waals surface area contributed by atoms with Crippen LogP contribution in [0.1, 0.15) is 35.2 Å². The minimum Gasteiger partial charge on any atom is -0.453 e. The number of hydrogen-bond donors (Lipinski definition) is 1. The molecule has 102 valence electrons. The van der Waals surface area contributed by atoms with Crippen LogP contribution >= 0.6 is 11.6 Å². The van der Waals surface area contributed by atoms with Gasteiger partial charge < -0.3 is 9.73 Å². The molecule has 1 unspecified atom stereocenters. The van der Waals surface area contributed by atoms with Gasteiger partial charge in [0.1, 0.15) is 0 Å². The van der Waals surface area contributed by atoms with Crippen LogP contribution in [0.2, 0.25) is 5.22 Å². The Balaban J connectivity index is 2.26. The van der Waals surface area contributed by atoms with E-state index in [0.29, 0.717) is 5.22 Å². The number of furan rings is 1. The van der Waals surface area contributed by atoms with Gasteiger partial charge in [0, 0.05) is 11.6 Å². The summed E-state index contributed by atoms with van der Waals surface area (Å²) in [6.07, 6.45) is 2.56. The van der Waals surface area contributed by atoms with Crippen molar-refractivity contribution in [1.29, 1.82) is 0 Å². The van der Waals surface area contributed by atoms with Crippen LogP contribution in [0, 0.1) is 13.8 Å². The second kappa shape index (κ2) is 6.27. The van der Waals surface area contributed by atoms with Crippen molar-refractivity contribution in [2.75, 3.05) is 6.54 Å². The van der Waals surface area contributed by atoms with E-state index in [1.165, 1.54) is 16.7 Å². The number of rotatable bonds is 5. The zero-order valence-corrected chi connectivity index (χ0v) is 12.4. The highest BCUT2D eigenvalue weighted by Crippen LogP contribution is 2.27. The average molecular weight is 278 g/mol. The highest BCUT2D eigenvalue weighted by atomic mass is 35.5. The Bertz CT molecular complexity index is 547. The van der Waals surface area contributed by atoms with Gasteiger partial charge in [-0.2, -0.15) is 0 Å².